The number of halogens is 3. The summed E-state index contributed by atoms with van der Waals surface area (Å²) in [7, 11) is 0. The molecule has 0 fully saturated rings. The molecule has 4 rings (SSSR count). The van der Waals surface area contributed by atoms with Crippen molar-refractivity contribution >= 4 is 17.2 Å². The van der Waals surface area contributed by atoms with Gasteiger partial charge in [-0.2, -0.15) is 17.6 Å². The SMILES string of the molecule is O=C(Nc1ccncn1)c1[nH]c(-c2cccc(C(F)(F)F)c2)[n+]2ccccc12. The van der Waals surface area contributed by atoms with E-state index in [4.69, 9.17) is 0 Å². The van der Waals surface area contributed by atoms with Crippen LogP contribution in [0.5, 0.6) is 0 Å². The minimum absolute atomic E-state index is 0.201. The fourth-order valence-corrected chi connectivity index (χ4v) is 2.86. The lowest BCUT2D eigenvalue weighted by atomic mass is 10.1. The molecular formula is C19H13F3N5O+. The van der Waals surface area contributed by atoms with E-state index in [0.717, 1.165) is 12.1 Å². The number of H-pyrrole nitrogens is 1. The van der Waals surface area contributed by atoms with Crippen molar-refractivity contribution in [3.8, 4) is 11.4 Å². The molecule has 6 nitrogen and oxygen atoms in total. The summed E-state index contributed by atoms with van der Waals surface area (Å²) in [5.41, 5.74) is 0.251. The Balaban J connectivity index is 1.80. The van der Waals surface area contributed by atoms with E-state index in [-0.39, 0.29) is 5.69 Å². The van der Waals surface area contributed by atoms with Gasteiger partial charge in [0, 0.05) is 6.20 Å². The molecule has 0 saturated carbocycles. The smallest absolute Gasteiger partial charge is 0.303 e. The second kappa shape index (κ2) is 6.76. The van der Waals surface area contributed by atoms with Crippen LogP contribution >= 0.6 is 0 Å². The summed E-state index contributed by atoms with van der Waals surface area (Å²) in [4.78, 5) is 23.4. The molecule has 0 atom stereocenters. The highest BCUT2D eigenvalue weighted by Crippen LogP contribution is 2.31. The van der Waals surface area contributed by atoms with E-state index >= 15 is 0 Å². The molecule has 3 aromatic heterocycles. The summed E-state index contributed by atoms with van der Waals surface area (Å²) in [5.74, 6) is 0.194. The number of nitrogens with zero attached hydrogens (tertiary/aromatic N) is 3. The molecule has 4 aromatic rings. The number of hydrogen-bond donors (Lipinski definition) is 2. The van der Waals surface area contributed by atoms with E-state index < -0.39 is 17.6 Å². The fraction of sp³-hybridized carbons (Fsp3) is 0.0526. The molecule has 0 spiro atoms. The molecule has 0 aliphatic heterocycles. The van der Waals surface area contributed by atoms with Gasteiger partial charge in [0.1, 0.15) is 12.1 Å². The van der Waals surface area contributed by atoms with Crippen LogP contribution in [-0.4, -0.2) is 20.9 Å². The number of carbonyl (C=O) groups excluding carboxylic acids is 1. The molecule has 28 heavy (non-hydrogen) atoms. The van der Waals surface area contributed by atoms with Crippen LogP contribution in [0.2, 0.25) is 0 Å². The Morgan fingerprint density at radius 3 is 2.71 bits per heavy atom. The van der Waals surface area contributed by atoms with Gasteiger partial charge in [-0.15, -0.1) is 0 Å². The lowest BCUT2D eigenvalue weighted by Gasteiger charge is -2.06. The molecule has 0 unspecified atom stereocenters. The number of carbonyl (C=O) groups is 1. The van der Waals surface area contributed by atoms with Crippen LogP contribution in [-0.2, 0) is 6.18 Å². The summed E-state index contributed by atoms with van der Waals surface area (Å²) in [6, 6.07) is 11.6. The monoisotopic (exact) mass is 384 g/mol. The van der Waals surface area contributed by atoms with Crippen LogP contribution in [0, 0.1) is 0 Å². The van der Waals surface area contributed by atoms with Gasteiger partial charge in [-0.05, 0) is 36.4 Å². The minimum Gasteiger partial charge on any atom is -0.303 e. The molecule has 2 N–H and O–H groups in total. The summed E-state index contributed by atoms with van der Waals surface area (Å²) < 4.78 is 40.9. The van der Waals surface area contributed by atoms with Gasteiger partial charge < -0.3 is 5.32 Å². The van der Waals surface area contributed by atoms with Crippen molar-refractivity contribution in [3.63, 3.8) is 0 Å². The zero-order chi connectivity index (χ0) is 19.7. The fourth-order valence-electron chi connectivity index (χ4n) is 2.86. The van der Waals surface area contributed by atoms with E-state index in [1.54, 1.807) is 34.9 Å². The zero-order valence-corrected chi connectivity index (χ0v) is 14.2. The first kappa shape index (κ1) is 17.7. The number of fused-ring (bicyclic) bond motifs is 1. The normalized spacial score (nSPS) is 11.5. The number of benzene rings is 1. The molecule has 0 aliphatic carbocycles. The Morgan fingerprint density at radius 1 is 1.11 bits per heavy atom. The molecule has 0 aliphatic rings. The maximum atomic E-state index is 13.1. The first-order chi connectivity index (χ1) is 13.4. The highest BCUT2D eigenvalue weighted by Gasteiger charge is 2.32. The first-order valence-electron chi connectivity index (χ1n) is 8.21. The van der Waals surface area contributed by atoms with Crippen molar-refractivity contribution in [2.45, 2.75) is 6.18 Å². The molecule has 0 radical (unpaired) electrons. The van der Waals surface area contributed by atoms with E-state index in [1.165, 1.54) is 24.7 Å². The number of alkyl halides is 3. The number of aromatic amines is 1. The average molecular weight is 384 g/mol. The van der Waals surface area contributed by atoms with Gasteiger partial charge in [-0.1, -0.05) is 12.1 Å². The van der Waals surface area contributed by atoms with Crippen LogP contribution in [0.1, 0.15) is 16.1 Å². The average Bonchev–Trinajstić information content (AvgIpc) is 3.08. The van der Waals surface area contributed by atoms with Gasteiger partial charge in [0.15, 0.2) is 5.52 Å². The summed E-state index contributed by atoms with van der Waals surface area (Å²) >= 11 is 0. The van der Waals surface area contributed by atoms with Gasteiger partial charge in [0.05, 0.1) is 17.3 Å². The van der Waals surface area contributed by atoms with Crippen LogP contribution in [0.25, 0.3) is 16.9 Å². The molecule has 0 bridgehead atoms. The lowest BCUT2D eigenvalue weighted by Crippen LogP contribution is -2.22. The topological polar surface area (TPSA) is 74.8 Å². The van der Waals surface area contributed by atoms with Crippen LogP contribution < -0.4 is 9.72 Å². The number of nitrogens with one attached hydrogen (secondary N) is 2. The van der Waals surface area contributed by atoms with Crippen molar-refractivity contribution in [3.05, 3.63) is 78.5 Å². The van der Waals surface area contributed by atoms with Crippen LogP contribution in [0.3, 0.4) is 0 Å². The van der Waals surface area contributed by atoms with Crippen molar-refractivity contribution in [2.24, 2.45) is 0 Å². The van der Waals surface area contributed by atoms with Crippen molar-refractivity contribution < 1.29 is 22.4 Å². The number of pyridine rings is 1. The Morgan fingerprint density at radius 2 is 1.96 bits per heavy atom. The van der Waals surface area contributed by atoms with Gasteiger partial charge in [0.25, 0.3) is 5.82 Å². The predicted molar refractivity (Wildman–Crippen MR) is 94.4 cm³/mol. The third-order valence-corrected chi connectivity index (χ3v) is 4.11. The Bertz CT molecular complexity index is 1160. The number of anilines is 1. The van der Waals surface area contributed by atoms with Gasteiger partial charge in [-0.3, -0.25) is 4.79 Å². The van der Waals surface area contributed by atoms with Crippen molar-refractivity contribution in [1.29, 1.82) is 0 Å². The van der Waals surface area contributed by atoms with E-state index in [9.17, 15) is 18.0 Å². The van der Waals surface area contributed by atoms with Gasteiger partial charge in [0.2, 0.25) is 5.69 Å². The molecule has 0 saturated heterocycles. The molecule has 3 heterocycles. The number of hydrogen-bond acceptors (Lipinski definition) is 3. The number of aromatic nitrogens is 4. The molecule has 140 valence electrons. The Hall–Kier alpha value is -3.75. The number of amides is 1. The maximum absolute atomic E-state index is 13.1. The second-order valence-electron chi connectivity index (χ2n) is 5.93. The largest absolute Gasteiger partial charge is 0.416 e. The maximum Gasteiger partial charge on any atom is 0.416 e. The van der Waals surface area contributed by atoms with Crippen molar-refractivity contribution in [2.75, 3.05) is 5.32 Å². The van der Waals surface area contributed by atoms with Crippen molar-refractivity contribution in [1.82, 2.24) is 15.0 Å². The number of imidazole rings is 1. The molecular weight excluding hydrogens is 371 g/mol. The Labute approximate surface area is 156 Å². The highest BCUT2D eigenvalue weighted by molar-refractivity contribution is 6.06. The molecule has 1 amide bonds. The first-order valence-corrected chi connectivity index (χ1v) is 8.21. The van der Waals surface area contributed by atoms with Gasteiger partial charge in [-0.25, -0.2) is 15.0 Å². The minimum atomic E-state index is -4.46. The Kier molecular flexibility index (Phi) is 4.26. The third-order valence-electron chi connectivity index (χ3n) is 4.11. The third kappa shape index (κ3) is 3.29. The summed E-state index contributed by atoms with van der Waals surface area (Å²) in [6.45, 7) is 0. The van der Waals surface area contributed by atoms with E-state index in [2.05, 4.69) is 20.3 Å². The standard InChI is InChI=1S/C19H12F3N5O/c20-19(21,22)13-5-3-4-12(10-13)17-26-16(14-6-1-2-9-27(14)17)18(28)25-15-7-8-23-11-24-15/h1-11H,(H,23,24,25,28)/p+1. The second-order valence-corrected chi connectivity index (χ2v) is 5.93. The highest BCUT2D eigenvalue weighted by atomic mass is 19.4. The molecule has 9 heteroatoms. The molecule has 1 aromatic carbocycles. The lowest BCUT2D eigenvalue weighted by molar-refractivity contribution is -0.498. The summed E-state index contributed by atoms with van der Waals surface area (Å²) in [5, 5.41) is 2.64. The quantitative estimate of drug-likeness (QED) is 0.531. The zero-order valence-electron chi connectivity index (χ0n) is 14.2. The van der Waals surface area contributed by atoms with E-state index in [0.29, 0.717) is 22.7 Å². The van der Waals surface area contributed by atoms with Gasteiger partial charge >= 0.3 is 12.1 Å². The van der Waals surface area contributed by atoms with E-state index in [1.807, 2.05) is 0 Å². The van der Waals surface area contributed by atoms with Crippen LogP contribution in [0.15, 0.2) is 67.3 Å². The summed E-state index contributed by atoms with van der Waals surface area (Å²) in [6.07, 6.45) is -0.0112. The van der Waals surface area contributed by atoms with Crippen LogP contribution in [0.4, 0.5) is 19.0 Å². The predicted octanol–water partition coefficient (Wildman–Crippen LogP) is 3.48. The number of rotatable bonds is 3.